The van der Waals surface area contributed by atoms with Gasteiger partial charge in [-0.1, -0.05) is 12.8 Å². The van der Waals surface area contributed by atoms with Crippen LogP contribution in [0.3, 0.4) is 0 Å². The summed E-state index contributed by atoms with van der Waals surface area (Å²) in [6.45, 7) is 2.56. The Morgan fingerprint density at radius 2 is 2.10 bits per heavy atom. The average molecular weight is 317 g/mol. The molecule has 0 aliphatic heterocycles. The number of alkyl halides is 4. The summed E-state index contributed by atoms with van der Waals surface area (Å²) in [5, 5.41) is -0.328. The van der Waals surface area contributed by atoms with E-state index in [0.717, 1.165) is 36.5 Å². The lowest BCUT2D eigenvalue weighted by molar-refractivity contribution is -0.137. The Morgan fingerprint density at radius 1 is 1.38 bits per heavy atom. The zero-order valence-corrected chi connectivity index (χ0v) is 12.4. The van der Waals surface area contributed by atoms with E-state index in [0.29, 0.717) is 11.3 Å². The van der Waals surface area contributed by atoms with Gasteiger partial charge >= 0.3 is 6.18 Å². The smallest absolute Gasteiger partial charge is 0.327 e. The van der Waals surface area contributed by atoms with Crippen LogP contribution in [0.1, 0.15) is 43.0 Å². The molecule has 1 unspecified atom stereocenters. The fraction of sp³-hybridized carbons (Fsp3) is 0.533. The van der Waals surface area contributed by atoms with E-state index in [9.17, 15) is 13.2 Å². The highest BCUT2D eigenvalue weighted by atomic mass is 35.5. The summed E-state index contributed by atoms with van der Waals surface area (Å²) in [6.07, 6.45) is -0.824. The van der Waals surface area contributed by atoms with Gasteiger partial charge in [-0.3, -0.25) is 0 Å². The zero-order valence-electron chi connectivity index (χ0n) is 11.6. The first-order valence-corrected chi connectivity index (χ1v) is 7.51. The Labute approximate surface area is 125 Å². The van der Waals surface area contributed by atoms with Crippen molar-refractivity contribution in [3.63, 3.8) is 0 Å². The topological polar surface area (TPSA) is 17.8 Å². The highest BCUT2D eigenvalue weighted by Crippen LogP contribution is 2.35. The monoisotopic (exact) mass is 316 g/mol. The predicted molar refractivity (Wildman–Crippen MR) is 76.3 cm³/mol. The second-order valence-electron chi connectivity index (χ2n) is 5.67. The van der Waals surface area contributed by atoms with E-state index in [1.807, 2.05) is 4.57 Å². The molecule has 1 aromatic carbocycles. The van der Waals surface area contributed by atoms with Crippen LogP contribution in [0.4, 0.5) is 13.2 Å². The first-order valence-electron chi connectivity index (χ1n) is 7.07. The van der Waals surface area contributed by atoms with Crippen molar-refractivity contribution in [2.75, 3.05) is 0 Å². The number of hydrogen-bond acceptors (Lipinski definition) is 1. The van der Waals surface area contributed by atoms with Crippen molar-refractivity contribution in [3.8, 4) is 0 Å². The normalized spacial score (nSPS) is 17.4. The molecular formula is C15H16ClF3N2. The number of benzene rings is 1. The first-order chi connectivity index (χ1) is 9.86. The van der Waals surface area contributed by atoms with Crippen LogP contribution in [0.15, 0.2) is 18.2 Å². The van der Waals surface area contributed by atoms with Crippen LogP contribution >= 0.6 is 11.6 Å². The predicted octanol–water partition coefficient (Wildman–Crippen LogP) is 5.16. The van der Waals surface area contributed by atoms with Crippen molar-refractivity contribution in [2.45, 2.75) is 44.3 Å². The van der Waals surface area contributed by atoms with Gasteiger partial charge in [0.05, 0.1) is 22.0 Å². The van der Waals surface area contributed by atoms with Gasteiger partial charge in [0.15, 0.2) is 0 Å². The van der Waals surface area contributed by atoms with Gasteiger partial charge < -0.3 is 4.57 Å². The second-order valence-corrected chi connectivity index (χ2v) is 6.33. The summed E-state index contributed by atoms with van der Waals surface area (Å²) in [6, 6.07) is 3.72. The Kier molecular flexibility index (Phi) is 3.64. The Morgan fingerprint density at radius 3 is 2.67 bits per heavy atom. The molecule has 2 aromatic rings. The van der Waals surface area contributed by atoms with Gasteiger partial charge in [-0.2, -0.15) is 13.2 Å². The molecule has 1 fully saturated rings. The van der Waals surface area contributed by atoms with Gasteiger partial charge in [-0.05, 0) is 37.5 Å². The third-order valence-corrected chi connectivity index (χ3v) is 4.11. The summed E-state index contributed by atoms with van der Waals surface area (Å²) in [4.78, 5) is 4.32. The third-order valence-electron chi connectivity index (χ3n) is 3.92. The van der Waals surface area contributed by atoms with Crippen LogP contribution in [-0.4, -0.2) is 9.55 Å². The molecule has 0 spiro atoms. The largest absolute Gasteiger partial charge is 0.416 e. The summed E-state index contributed by atoms with van der Waals surface area (Å²) in [5.74, 6) is 1.39. The number of hydrogen-bond donors (Lipinski definition) is 0. The van der Waals surface area contributed by atoms with E-state index in [2.05, 4.69) is 4.98 Å². The standard InChI is InChI=1S/C15H16ClF3N2/c1-9(16)14-20-12-8-11(15(17,18)19)4-5-13(12)21(14)7-6-10-2-3-10/h4-5,8-10H,2-3,6-7H2,1H3. The molecule has 1 aromatic heterocycles. The number of aryl methyl sites for hydroxylation is 1. The van der Waals surface area contributed by atoms with Crippen LogP contribution in [0, 0.1) is 5.92 Å². The number of nitrogens with zero attached hydrogens (tertiary/aromatic N) is 2. The van der Waals surface area contributed by atoms with Gasteiger partial charge in [0.25, 0.3) is 0 Å². The zero-order chi connectivity index (χ0) is 15.2. The molecule has 1 aliphatic carbocycles. The van der Waals surface area contributed by atoms with Gasteiger partial charge in [0.2, 0.25) is 0 Å². The van der Waals surface area contributed by atoms with Gasteiger partial charge in [-0.15, -0.1) is 11.6 Å². The molecule has 1 heterocycles. The van der Waals surface area contributed by atoms with Crippen LogP contribution in [0.5, 0.6) is 0 Å². The highest BCUT2D eigenvalue weighted by molar-refractivity contribution is 6.20. The molecule has 1 aliphatic rings. The Balaban J connectivity index is 2.03. The fourth-order valence-corrected chi connectivity index (χ4v) is 2.75. The van der Waals surface area contributed by atoms with Crippen LogP contribution in [-0.2, 0) is 12.7 Å². The van der Waals surface area contributed by atoms with Crippen LogP contribution in [0.2, 0.25) is 0 Å². The van der Waals surface area contributed by atoms with E-state index in [1.165, 1.54) is 18.9 Å². The molecule has 0 bridgehead atoms. The lowest BCUT2D eigenvalue weighted by Crippen LogP contribution is -2.06. The molecule has 0 amide bonds. The van der Waals surface area contributed by atoms with Crippen molar-refractivity contribution in [3.05, 3.63) is 29.6 Å². The molecule has 0 N–H and O–H groups in total. The summed E-state index contributed by atoms with van der Waals surface area (Å²) in [7, 11) is 0. The van der Waals surface area contributed by atoms with E-state index in [1.54, 1.807) is 6.92 Å². The molecule has 114 valence electrons. The summed E-state index contributed by atoms with van der Waals surface area (Å²) in [5.41, 5.74) is 0.421. The minimum absolute atomic E-state index is 0.328. The fourth-order valence-electron chi connectivity index (χ4n) is 2.58. The van der Waals surface area contributed by atoms with Gasteiger partial charge in [0.1, 0.15) is 5.82 Å². The summed E-state index contributed by atoms with van der Waals surface area (Å²) >= 11 is 6.13. The van der Waals surface area contributed by atoms with Gasteiger partial charge in [0, 0.05) is 6.54 Å². The number of rotatable bonds is 4. The molecule has 6 heteroatoms. The molecule has 0 saturated heterocycles. The molecule has 1 atom stereocenters. The Hall–Kier alpha value is -1.23. The Bertz CT molecular complexity index is 657. The maximum absolute atomic E-state index is 12.8. The number of aromatic nitrogens is 2. The van der Waals surface area contributed by atoms with Crippen LogP contribution in [0.25, 0.3) is 11.0 Å². The SMILES string of the molecule is CC(Cl)c1nc2cc(C(F)(F)F)ccc2n1CCC1CC1. The van der Waals surface area contributed by atoms with E-state index >= 15 is 0 Å². The number of halogens is 4. The maximum atomic E-state index is 12.8. The maximum Gasteiger partial charge on any atom is 0.416 e. The third kappa shape index (κ3) is 3.03. The van der Waals surface area contributed by atoms with Crippen LogP contribution < -0.4 is 0 Å². The highest BCUT2D eigenvalue weighted by Gasteiger charge is 2.31. The number of imidazole rings is 1. The minimum Gasteiger partial charge on any atom is -0.327 e. The minimum atomic E-state index is -4.35. The summed E-state index contributed by atoms with van der Waals surface area (Å²) < 4.78 is 40.3. The van der Waals surface area contributed by atoms with E-state index < -0.39 is 11.7 Å². The molecule has 3 rings (SSSR count). The van der Waals surface area contributed by atoms with Crippen molar-refractivity contribution >= 4 is 22.6 Å². The first kappa shape index (κ1) is 14.7. The lowest BCUT2D eigenvalue weighted by Gasteiger charge is -2.10. The van der Waals surface area contributed by atoms with E-state index in [-0.39, 0.29) is 5.38 Å². The van der Waals surface area contributed by atoms with Crippen molar-refractivity contribution in [2.24, 2.45) is 5.92 Å². The van der Waals surface area contributed by atoms with Crippen molar-refractivity contribution < 1.29 is 13.2 Å². The van der Waals surface area contributed by atoms with E-state index in [4.69, 9.17) is 11.6 Å². The van der Waals surface area contributed by atoms with Crippen molar-refractivity contribution in [1.82, 2.24) is 9.55 Å². The molecule has 1 saturated carbocycles. The molecule has 0 radical (unpaired) electrons. The molecular weight excluding hydrogens is 301 g/mol. The quantitative estimate of drug-likeness (QED) is 0.713. The van der Waals surface area contributed by atoms with Crippen molar-refractivity contribution in [1.29, 1.82) is 0 Å². The molecule has 2 nitrogen and oxygen atoms in total. The number of fused-ring (bicyclic) bond motifs is 1. The molecule has 21 heavy (non-hydrogen) atoms. The lowest BCUT2D eigenvalue weighted by atomic mass is 10.2. The van der Waals surface area contributed by atoms with Gasteiger partial charge in [-0.25, -0.2) is 4.98 Å². The second kappa shape index (κ2) is 5.20. The average Bonchev–Trinajstić information content (AvgIpc) is 3.14.